The number of fused-ring (bicyclic) bond motifs is 1. The van der Waals surface area contributed by atoms with E-state index in [4.69, 9.17) is 9.94 Å². The van der Waals surface area contributed by atoms with Crippen molar-refractivity contribution in [1.29, 1.82) is 0 Å². The van der Waals surface area contributed by atoms with Crippen molar-refractivity contribution >= 4 is 41.0 Å². The number of cyclic esters (lactones) is 1. The highest BCUT2D eigenvalue weighted by Crippen LogP contribution is 2.38. The van der Waals surface area contributed by atoms with E-state index in [0.717, 1.165) is 16.3 Å². The number of amidine groups is 1. The van der Waals surface area contributed by atoms with Gasteiger partial charge in [0.1, 0.15) is 6.10 Å². The van der Waals surface area contributed by atoms with Crippen LogP contribution in [-0.2, 0) is 9.53 Å². The summed E-state index contributed by atoms with van der Waals surface area (Å²) in [5.74, 6) is 0.981. The summed E-state index contributed by atoms with van der Waals surface area (Å²) in [4.78, 5) is 27.4. The van der Waals surface area contributed by atoms with Crippen LogP contribution in [0.25, 0.3) is 0 Å². The summed E-state index contributed by atoms with van der Waals surface area (Å²) in [5.41, 5.74) is 1.67. The number of hydrogen-bond acceptors (Lipinski definition) is 6. The third-order valence-corrected chi connectivity index (χ3v) is 4.97. The second-order valence-corrected chi connectivity index (χ2v) is 6.59. The lowest BCUT2D eigenvalue weighted by molar-refractivity contribution is -0.119. The predicted octanol–water partition coefficient (Wildman–Crippen LogP) is 1.48. The summed E-state index contributed by atoms with van der Waals surface area (Å²) >= 11 is 1.55. The predicted molar refractivity (Wildman–Crippen MR) is 91.1 cm³/mol. The Labute approximate surface area is 143 Å². The van der Waals surface area contributed by atoms with Gasteiger partial charge < -0.3 is 20.2 Å². The number of anilines is 2. The number of nitrogens with zero attached hydrogens (tertiary/aromatic N) is 3. The molecule has 1 atom stereocenters. The Bertz CT molecular complexity index is 709. The fourth-order valence-corrected chi connectivity index (χ4v) is 3.73. The number of thioether (sulfide) groups is 1. The van der Waals surface area contributed by atoms with Crippen molar-refractivity contribution in [1.82, 2.24) is 5.32 Å². The number of benzene rings is 1. The number of carbonyl (C=O) groups excluding carboxylic acids is 2. The highest BCUT2D eigenvalue weighted by Gasteiger charge is 2.33. The third kappa shape index (κ3) is 3.12. The van der Waals surface area contributed by atoms with Crippen molar-refractivity contribution < 1.29 is 19.5 Å². The largest absolute Gasteiger partial charge is 0.442 e. The maximum Gasteiger partial charge on any atom is 0.414 e. The lowest BCUT2D eigenvalue weighted by Crippen LogP contribution is -2.33. The van der Waals surface area contributed by atoms with Crippen LogP contribution in [0.4, 0.5) is 16.2 Å². The molecule has 128 valence electrons. The molecule has 0 unspecified atom stereocenters. The monoisotopic (exact) mass is 350 g/mol. The number of hydrogen-bond donors (Lipinski definition) is 2. The average Bonchev–Trinajstić information content (AvgIpc) is 2.94. The zero-order valence-corrected chi connectivity index (χ0v) is 14.2. The van der Waals surface area contributed by atoms with E-state index in [1.54, 1.807) is 16.7 Å². The molecule has 0 saturated carbocycles. The normalized spacial score (nSPS) is 21.7. The summed E-state index contributed by atoms with van der Waals surface area (Å²) in [5, 5.41) is 14.9. The highest BCUT2D eigenvalue weighted by atomic mass is 32.2. The first-order chi connectivity index (χ1) is 11.5. The van der Waals surface area contributed by atoms with E-state index >= 15 is 0 Å². The minimum Gasteiger partial charge on any atom is -0.442 e. The van der Waals surface area contributed by atoms with E-state index in [1.807, 2.05) is 30.1 Å². The molecule has 2 heterocycles. The van der Waals surface area contributed by atoms with E-state index in [1.165, 1.54) is 6.92 Å². The van der Waals surface area contributed by atoms with Gasteiger partial charge in [0.15, 0.2) is 5.84 Å². The Hall–Kier alpha value is -2.42. The smallest absolute Gasteiger partial charge is 0.414 e. The van der Waals surface area contributed by atoms with Crippen LogP contribution < -0.4 is 15.1 Å². The molecule has 9 heteroatoms. The molecular formula is C15H18N4O4S. The van der Waals surface area contributed by atoms with Crippen LogP contribution in [-0.4, -0.2) is 55.0 Å². The van der Waals surface area contributed by atoms with Gasteiger partial charge in [0, 0.05) is 24.6 Å². The summed E-state index contributed by atoms with van der Waals surface area (Å²) in [7, 11) is 1.83. The number of carbonyl (C=O) groups is 2. The minimum absolute atomic E-state index is 0.154. The van der Waals surface area contributed by atoms with Crippen LogP contribution in [0, 0.1) is 0 Å². The molecule has 0 bridgehead atoms. The van der Waals surface area contributed by atoms with Gasteiger partial charge in [-0.3, -0.25) is 9.69 Å². The maximum absolute atomic E-state index is 12.1. The summed E-state index contributed by atoms with van der Waals surface area (Å²) in [6, 6.07) is 5.64. The van der Waals surface area contributed by atoms with E-state index in [2.05, 4.69) is 10.5 Å². The van der Waals surface area contributed by atoms with Gasteiger partial charge in [-0.25, -0.2) is 4.79 Å². The molecule has 1 aromatic rings. The molecule has 2 amide bonds. The van der Waals surface area contributed by atoms with Gasteiger partial charge >= 0.3 is 6.09 Å². The molecule has 8 nitrogen and oxygen atoms in total. The number of amides is 2. The van der Waals surface area contributed by atoms with Crippen LogP contribution >= 0.6 is 11.8 Å². The van der Waals surface area contributed by atoms with Gasteiger partial charge in [-0.15, -0.1) is 11.8 Å². The van der Waals surface area contributed by atoms with Crippen molar-refractivity contribution in [2.45, 2.75) is 17.9 Å². The van der Waals surface area contributed by atoms with Gasteiger partial charge in [0.25, 0.3) is 0 Å². The average molecular weight is 350 g/mol. The van der Waals surface area contributed by atoms with Crippen molar-refractivity contribution in [2.75, 3.05) is 35.7 Å². The molecule has 1 fully saturated rings. The van der Waals surface area contributed by atoms with Crippen molar-refractivity contribution in [2.24, 2.45) is 5.16 Å². The van der Waals surface area contributed by atoms with Gasteiger partial charge in [0.05, 0.1) is 24.5 Å². The van der Waals surface area contributed by atoms with Gasteiger partial charge in [0.2, 0.25) is 5.91 Å². The molecule has 0 radical (unpaired) electrons. The zero-order chi connectivity index (χ0) is 17.3. The van der Waals surface area contributed by atoms with Crippen molar-refractivity contribution in [3.8, 4) is 0 Å². The summed E-state index contributed by atoms with van der Waals surface area (Å²) in [6.07, 6.45) is -0.780. The SMILES string of the molecule is CC(=O)NC[C@H]1CN(c2ccc3c(c2)SCC(=NO)N3C)C(=O)O1. The van der Waals surface area contributed by atoms with Gasteiger partial charge in [-0.2, -0.15) is 0 Å². The molecule has 2 N–H and O–H groups in total. The molecule has 2 aliphatic heterocycles. The third-order valence-electron chi connectivity index (χ3n) is 3.93. The summed E-state index contributed by atoms with van der Waals surface area (Å²) in [6.45, 7) is 2.12. The van der Waals surface area contributed by atoms with Crippen LogP contribution in [0.5, 0.6) is 0 Å². The molecule has 3 rings (SSSR count). The van der Waals surface area contributed by atoms with E-state index < -0.39 is 6.09 Å². The number of rotatable bonds is 3. The fraction of sp³-hybridized carbons (Fsp3) is 0.400. The van der Waals surface area contributed by atoms with E-state index in [0.29, 0.717) is 24.7 Å². The number of oxime groups is 1. The standard InChI is InChI=1S/C15H18N4O4S/c1-9(20)16-6-11-7-19(15(21)23-11)10-3-4-12-13(5-10)24-8-14(17-22)18(12)2/h3-5,11,22H,6-8H2,1-2H3,(H,16,20)/t11-/m0/s1. The first-order valence-corrected chi connectivity index (χ1v) is 8.42. The lowest BCUT2D eigenvalue weighted by Gasteiger charge is -2.28. The molecule has 0 aromatic heterocycles. The van der Waals surface area contributed by atoms with E-state index in [-0.39, 0.29) is 12.0 Å². The van der Waals surface area contributed by atoms with Crippen molar-refractivity contribution in [3.63, 3.8) is 0 Å². The maximum atomic E-state index is 12.1. The van der Waals surface area contributed by atoms with Gasteiger partial charge in [-0.05, 0) is 18.2 Å². The fourth-order valence-electron chi connectivity index (χ4n) is 2.63. The molecule has 0 aliphatic carbocycles. The Morgan fingerprint density at radius 3 is 3.04 bits per heavy atom. The molecule has 24 heavy (non-hydrogen) atoms. The molecule has 1 aromatic carbocycles. The van der Waals surface area contributed by atoms with Crippen LogP contribution in [0.2, 0.25) is 0 Å². The van der Waals surface area contributed by atoms with Crippen LogP contribution in [0.1, 0.15) is 6.92 Å². The zero-order valence-electron chi connectivity index (χ0n) is 13.4. The van der Waals surface area contributed by atoms with Crippen LogP contribution in [0.15, 0.2) is 28.3 Å². The van der Waals surface area contributed by atoms with Crippen molar-refractivity contribution in [3.05, 3.63) is 18.2 Å². The van der Waals surface area contributed by atoms with E-state index in [9.17, 15) is 9.59 Å². The van der Waals surface area contributed by atoms with Gasteiger partial charge in [-0.1, -0.05) is 5.16 Å². The Kier molecular flexibility index (Phi) is 4.52. The first-order valence-electron chi connectivity index (χ1n) is 7.43. The number of ether oxygens (including phenoxy) is 1. The number of nitrogens with one attached hydrogen (secondary N) is 1. The molecule has 2 aliphatic rings. The quantitative estimate of drug-likeness (QED) is 0.633. The summed E-state index contributed by atoms with van der Waals surface area (Å²) < 4.78 is 5.28. The highest BCUT2D eigenvalue weighted by molar-refractivity contribution is 8.00. The molecular weight excluding hydrogens is 332 g/mol. The molecule has 0 spiro atoms. The second-order valence-electron chi connectivity index (χ2n) is 5.57. The first kappa shape index (κ1) is 16.4. The minimum atomic E-state index is -0.419. The molecule has 1 saturated heterocycles. The second kappa shape index (κ2) is 6.60. The van der Waals surface area contributed by atoms with Crippen LogP contribution in [0.3, 0.4) is 0 Å². The Morgan fingerprint density at radius 1 is 1.54 bits per heavy atom. The Morgan fingerprint density at radius 2 is 2.33 bits per heavy atom. The lowest BCUT2D eigenvalue weighted by atomic mass is 10.2. The topological polar surface area (TPSA) is 94.5 Å². The Balaban J connectivity index is 1.77.